The maximum atomic E-state index is 13.1. The van der Waals surface area contributed by atoms with Crippen LogP contribution in [0.4, 0.5) is 18.9 Å². The highest BCUT2D eigenvalue weighted by atomic mass is 19.4. The van der Waals surface area contributed by atoms with Crippen LogP contribution in [0.2, 0.25) is 0 Å². The molecule has 0 spiro atoms. The lowest BCUT2D eigenvalue weighted by molar-refractivity contribution is -0.139. The van der Waals surface area contributed by atoms with Crippen molar-refractivity contribution in [3.05, 3.63) is 64.7 Å². The topological polar surface area (TPSA) is 29.5 Å². The van der Waals surface area contributed by atoms with Gasteiger partial charge in [0.15, 0.2) is 0 Å². The van der Waals surface area contributed by atoms with E-state index in [-0.39, 0.29) is 5.56 Å². The van der Waals surface area contributed by atoms with Crippen LogP contribution in [0.25, 0.3) is 0 Å². The van der Waals surface area contributed by atoms with Crippen LogP contribution in [0.5, 0.6) is 0 Å². The number of benzene rings is 2. The lowest BCUT2D eigenvalue weighted by atomic mass is 10.0. The fourth-order valence-corrected chi connectivity index (χ4v) is 2.69. The van der Waals surface area contributed by atoms with Crippen LogP contribution in [0.15, 0.2) is 42.5 Å². The summed E-state index contributed by atoms with van der Waals surface area (Å²) in [6, 6.07) is 10.2. The number of anilines is 1. The molecule has 2 aromatic rings. The minimum atomic E-state index is -4.50. The smallest absolute Gasteiger partial charge is 0.416 e. The first-order valence-electron chi connectivity index (χ1n) is 7.76. The first kappa shape index (κ1) is 18.8. The Bertz CT molecular complexity index is 770. The zero-order valence-electron chi connectivity index (χ0n) is 14.5. The molecule has 0 fully saturated rings. The second-order valence-electron chi connectivity index (χ2n) is 6.03. The molecule has 2 rings (SSSR count). The van der Waals surface area contributed by atoms with Crippen molar-refractivity contribution in [1.82, 2.24) is 0 Å². The molecule has 0 aliphatic rings. The molecule has 0 bridgehead atoms. The normalized spacial score (nSPS) is 12.6. The number of rotatable bonds is 4. The zero-order valence-corrected chi connectivity index (χ0v) is 14.5. The van der Waals surface area contributed by atoms with E-state index in [4.69, 9.17) is 4.74 Å². The summed E-state index contributed by atoms with van der Waals surface area (Å²) in [5.41, 5.74) is 1.27. The van der Waals surface area contributed by atoms with Crippen LogP contribution in [0, 0.1) is 6.92 Å². The van der Waals surface area contributed by atoms with Crippen LogP contribution in [-0.4, -0.2) is 20.1 Å². The number of carbonyl (C=O) groups is 1. The summed E-state index contributed by atoms with van der Waals surface area (Å²) in [6.45, 7) is 3.29. The standard InChI is InChI=1S/C19H20F3NO2/c1-12-11-14(9-10-17(12)23(3)4)18(24)25-13(2)15-7-5-6-8-16(15)19(20,21)22/h5-11,13H,1-4H3. The van der Waals surface area contributed by atoms with Gasteiger partial charge in [-0.2, -0.15) is 13.2 Å². The Kier molecular flexibility index (Phi) is 5.40. The summed E-state index contributed by atoms with van der Waals surface area (Å²) >= 11 is 0. The van der Waals surface area contributed by atoms with E-state index in [1.54, 1.807) is 18.2 Å². The average molecular weight is 351 g/mol. The van der Waals surface area contributed by atoms with Gasteiger partial charge in [0.05, 0.1) is 11.1 Å². The van der Waals surface area contributed by atoms with Crippen molar-refractivity contribution in [1.29, 1.82) is 0 Å². The second-order valence-corrected chi connectivity index (χ2v) is 6.03. The van der Waals surface area contributed by atoms with E-state index >= 15 is 0 Å². The van der Waals surface area contributed by atoms with Gasteiger partial charge in [-0.05, 0) is 43.7 Å². The summed E-state index contributed by atoms with van der Waals surface area (Å²) in [5, 5.41) is 0. The first-order valence-corrected chi connectivity index (χ1v) is 7.76. The van der Waals surface area contributed by atoms with Crippen LogP contribution >= 0.6 is 0 Å². The Balaban J connectivity index is 2.23. The quantitative estimate of drug-likeness (QED) is 0.726. The largest absolute Gasteiger partial charge is 0.454 e. The van der Waals surface area contributed by atoms with Gasteiger partial charge >= 0.3 is 12.1 Å². The molecule has 2 aromatic carbocycles. The molecule has 0 aromatic heterocycles. The van der Waals surface area contributed by atoms with Crippen molar-refractivity contribution in [2.24, 2.45) is 0 Å². The van der Waals surface area contributed by atoms with Gasteiger partial charge in [-0.3, -0.25) is 0 Å². The van der Waals surface area contributed by atoms with E-state index in [0.29, 0.717) is 5.56 Å². The van der Waals surface area contributed by atoms with Crippen molar-refractivity contribution < 1.29 is 22.7 Å². The van der Waals surface area contributed by atoms with Crippen LogP contribution < -0.4 is 4.90 Å². The SMILES string of the molecule is Cc1cc(C(=O)OC(C)c2ccccc2C(F)(F)F)ccc1N(C)C. The van der Waals surface area contributed by atoms with Crippen molar-refractivity contribution >= 4 is 11.7 Å². The van der Waals surface area contributed by atoms with Crippen molar-refractivity contribution in [2.45, 2.75) is 26.1 Å². The molecule has 25 heavy (non-hydrogen) atoms. The molecule has 0 aliphatic carbocycles. The fraction of sp³-hybridized carbons (Fsp3) is 0.316. The number of ether oxygens (including phenoxy) is 1. The van der Waals surface area contributed by atoms with Gasteiger partial charge in [0.2, 0.25) is 0 Å². The monoisotopic (exact) mass is 351 g/mol. The average Bonchev–Trinajstić information content (AvgIpc) is 2.53. The van der Waals surface area contributed by atoms with E-state index in [1.807, 2.05) is 25.9 Å². The molecule has 0 aliphatic heterocycles. The Morgan fingerprint density at radius 1 is 1.12 bits per heavy atom. The molecule has 0 heterocycles. The number of halogens is 3. The summed E-state index contributed by atoms with van der Waals surface area (Å²) in [7, 11) is 3.77. The van der Waals surface area contributed by atoms with E-state index in [2.05, 4.69) is 0 Å². The van der Waals surface area contributed by atoms with Gasteiger partial charge in [-0.1, -0.05) is 18.2 Å². The first-order chi connectivity index (χ1) is 11.6. The maximum absolute atomic E-state index is 13.1. The van der Waals surface area contributed by atoms with Gasteiger partial charge in [0.25, 0.3) is 0 Å². The molecule has 0 radical (unpaired) electrons. The van der Waals surface area contributed by atoms with Crippen molar-refractivity contribution in [3.63, 3.8) is 0 Å². The van der Waals surface area contributed by atoms with E-state index in [1.165, 1.54) is 25.1 Å². The third-order valence-electron chi connectivity index (χ3n) is 3.90. The van der Waals surface area contributed by atoms with Gasteiger partial charge < -0.3 is 9.64 Å². The van der Waals surface area contributed by atoms with Gasteiger partial charge in [-0.25, -0.2) is 4.79 Å². The summed E-state index contributed by atoms with van der Waals surface area (Å²) in [5.74, 6) is -0.655. The van der Waals surface area contributed by atoms with E-state index in [9.17, 15) is 18.0 Å². The maximum Gasteiger partial charge on any atom is 0.416 e. The lowest BCUT2D eigenvalue weighted by Crippen LogP contribution is -2.16. The molecule has 1 unspecified atom stereocenters. The number of alkyl halides is 3. The number of aryl methyl sites for hydroxylation is 1. The molecule has 3 nitrogen and oxygen atoms in total. The third kappa shape index (κ3) is 4.32. The summed E-state index contributed by atoms with van der Waals surface area (Å²) in [4.78, 5) is 14.2. The van der Waals surface area contributed by atoms with Crippen LogP contribution in [0.3, 0.4) is 0 Å². The molecular weight excluding hydrogens is 331 g/mol. The van der Waals surface area contributed by atoms with E-state index in [0.717, 1.165) is 17.3 Å². The number of hydrogen-bond donors (Lipinski definition) is 0. The number of esters is 1. The summed E-state index contributed by atoms with van der Waals surface area (Å²) in [6.07, 6.45) is -5.51. The molecule has 0 saturated carbocycles. The predicted molar refractivity (Wildman–Crippen MR) is 90.8 cm³/mol. The minimum absolute atomic E-state index is 0.0648. The molecule has 6 heteroatoms. The minimum Gasteiger partial charge on any atom is -0.454 e. The van der Waals surface area contributed by atoms with E-state index < -0.39 is 23.8 Å². The number of hydrogen-bond acceptors (Lipinski definition) is 3. The highest BCUT2D eigenvalue weighted by molar-refractivity contribution is 5.90. The van der Waals surface area contributed by atoms with Crippen molar-refractivity contribution in [2.75, 3.05) is 19.0 Å². The van der Waals surface area contributed by atoms with Crippen molar-refractivity contribution in [3.8, 4) is 0 Å². The van der Waals surface area contributed by atoms with Gasteiger partial charge in [0.1, 0.15) is 6.10 Å². The zero-order chi connectivity index (χ0) is 18.8. The third-order valence-corrected chi connectivity index (χ3v) is 3.90. The highest BCUT2D eigenvalue weighted by Gasteiger charge is 2.35. The molecule has 134 valence electrons. The lowest BCUT2D eigenvalue weighted by Gasteiger charge is -2.20. The fourth-order valence-electron chi connectivity index (χ4n) is 2.69. The highest BCUT2D eigenvalue weighted by Crippen LogP contribution is 2.35. The Morgan fingerprint density at radius 2 is 1.76 bits per heavy atom. The molecular formula is C19H20F3NO2. The summed E-state index contributed by atoms with van der Waals surface area (Å²) < 4.78 is 44.6. The number of carbonyl (C=O) groups excluding carboxylic acids is 1. The van der Waals surface area contributed by atoms with Crippen LogP contribution in [0.1, 0.15) is 40.1 Å². The molecule has 0 saturated heterocycles. The predicted octanol–water partition coefficient (Wildman–Crippen LogP) is 5.00. The van der Waals surface area contributed by atoms with Gasteiger partial charge in [-0.15, -0.1) is 0 Å². The molecule has 0 amide bonds. The Hall–Kier alpha value is -2.50. The second kappa shape index (κ2) is 7.17. The molecule has 1 atom stereocenters. The van der Waals surface area contributed by atoms with Gasteiger partial charge in [0, 0.05) is 25.3 Å². The van der Waals surface area contributed by atoms with Crippen LogP contribution in [-0.2, 0) is 10.9 Å². The molecule has 0 N–H and O–H groups in total. The number of nitrogens with zero attached hydrogens (tertiary/aromatic N) is 1. The Labute approximate surface area is 145 Å². The Morgan fingerprint density at radius 3 is 2.32 bits per heavy atom.